The first-order valence-electron chi connectivity index (χ1n) is 7.93. The molecule has 2 nitrogen and oxygen atoms in total. The number of fused-ring (bicyclic) bond motifs is 2. The number of carbonyl (C=O) groups excluding carboxylic acids is 1. The molecule has 2 saturated heterocycles. The van der Waals surface area contributed by atoms with Gasteiger partial charge in [0.1, 0.15) is 5.78 Å². The Balaban J connectivity index is 1.95. The first-order valence-corrected chi connectivity index (χ1v) is 7.93. The first-order chi connectivity index (χ1) is 9.61. The highest BCUT2D eigenvalue weighted by Gasteiger charge is 2.48. The summed E-state index contributed by atoms with van der Waals surface area (Å²) >= 11 is 0. The van der Waals surface area contributed by atoms with E-state index in [0.717, 1.165) is 6.42 Å². The zero-order chi connectivity index (χ0) is 14.3. The summed E-state index contributed by atoms with van der Waals surface area (Å²) in [6.07, 6.45) is 4.27. The monoisotopic (exact) mass is 271 g/mol. The Kier molecular flexibility index (Phi) is 3.68. The standard InChI is InChI=1S/C18H25NO/c1-4-17(20)18-15(13-7-5-12(2)6-8-13)11-14-9-10-16(18)19(14)3/h5-8,14-16,18H,4,9-11H2,1-3H3/t14-,15-,16+,18+/m1/s1. The van der Waals surface area contributed by atoms with E-state index in [4.69, 9.17) is 0 Å². The molecule has 1 aromatic carbocycles. The molecule has 2 fully saturated rings. The largest absolute Gasteiger partial charge is 0.300 e. The molecule has 20 heavy (non-hydrogen) atoms. The van der Waals surface area contributed by atoms with E-state index in [9.17, 15) is 4.79 Å². The summed E-state index contributed by atoms with van der Waals surface area (Å²) in [5, 5.41) is 0. The number of ketones is 1. The minimum atomic E-state index is 0.200. The van der Waals surface area contributed by atoms with Crippen molar-refractivity contribution in [3.63, 3.8) is 0 Å². The molecule has 1 aromatic rings. The molecule has 0 radical (unpaired) electrons. The summed E-state index contributed by atoms with van der Waals surface area (Å²) < 4.78 is 0. The third-order valence-corrected chi connectivity index (χ3v) is 5.49. The number of Topliss-reactive ketones (excluding diaryl/α,β-unsaturated/α-hetero) is 1. The Labute approximate surface area is 122 Å². The molecule has 3 rings (SSSR count). The molecule has 2 heteroatoms. The van der Waals surface area contributed by atoms with E-state index in [-0.39, 0.29) is 5.92 Å². The van der Waals surface area contributed by atoms with Gasteiger partial charge >= 0.3 is 0 Å². The van der Waals surface area contributed by atoms with Gasteiger partial charge in [-0.25, -0.2) is 0 Å². The summed E-state index contributed by atoms with van der Waals surface area (Å²) in [7, 11) is 2.21. The van der Waals surface area contributed by atoms with Crippen molar-refractivity contribution in [2.45, 2.75) is 57.5 Å². The first kappa shape index (κ1) is 13.8. The Morgan fingerprint density at radius 1 is 1.25 bits per heavy atom. The maximum Gasteiger partial charge on any atom is 0.137 e. The normalized spacial score (nSPS) is 33.4. The van der Waals surface area contributed by atoms with Crippen molar-refractivity contribution in [1.29, 1.82) is 0 Å². The van der Waals surface area contributed by atoms with Crippen LogP contribution in [0.15, 0.2) is 24.3 Å². The van der Waals surface area contributed by atoms with Crippen LogP contribution < -0.4 is 0 Å². The van der Waals surface area contributed by atoms with Crippen molar-refractivity contribution in [1.82, 2.24) is 4.90 Å². The van der Waals surface area contributed by atoms with Crippen LogP contribution in [0.4, 0.5) is 0 Å². The van der Waals surface area contributed by atoms with Crippen molar-refractivity contribution in [2.75, 3.05) is 7.05 Å². The van der Waals surface area contributed by atoms with E-state index in [1.165, 1.54) is 24.0 Å². The molecule has 0 unspecified atom stereocenters. The summed E-state index contributed by atoms with van der Waals surface area (Å²) in [6.45, 7) is 4.13. The lowest BCUT2D eigenvalue weighted by Crippen LogP contribution is -2.48. The van der Waals surface area contributed by atoms with E-state index in [1.807, 2.05) is 6.92 Å². The average molecular weight is 271 g/mol. The van der Waals surface area contributed by atoms with Crippen LogP contribution in [0.25, 0.3) is 0 Å². The van der Waals surface area contributed by atoms with Gasteiger partial charge in [0.2, 0.25) is 0 Å². The quantitative estimate of drug-likeness (QED) is 0.838. The molecule has 0 N–H and O–H groups in total. The number of hydrogen-bond acceptors (Lipinski definition) is 2. The molecular formula is C18H25NO. The van der Waals surface area contributed by atoms with Gasteiger partial charge in [-0.2, -0.15) is 0 Å². The summed E-state index contributed by atoms with van der Waals surface area (Å²) in [4.78, 5) is 15.0. The van der Waals surface area contributed by atoms with Crippen LogP contribution >= 0.6 is 0 Å². The third kappa shape index (κ3) is 2.20. The Morgan fingerprint density at radius 3 is 2.60 bits per heavy atom. The minimum absolute atomic E-state index is 0.200. The van der Waals surface area contributed by atoms with Crippen molar-refractivity contribution in [2.24, 2.45) is 5.92 Å². The van der Waals surface area contributed by atoms with Crippen molar-refractivity contribution in [3.05, 3.63) is 35.4 Å². The molecule has 4 atom stereocenters. The topological polar surface area (TPSA) is 20.3 Å². The second-order valence-corrected chi connectivity index (χ2v) is 6.56. The molecule has 0 amide bonds. The van der Waals surface area contributed by atoms with Crippen LogP contribution in [0.2, 0.25) is 0 Å². The molecule has 2 aliphatic rings. The van der Waals surface area contributed by atoms with Gasteiger partial charge in [-0.1, -0.05) is 36.8 Å². The number of rotatable bonds is 3. The van der Waals surface area contributed by atoms with E-state index < -0.39 is 0 Å². The van der Waals surface area contributed by atoms with Crippen LogP contribution in [0, 0.1) is 12.8 Å². The SMILES string of the molecule is CCC(=O)[C@H]1[C@@H](c2ccc(C)cc2)C[C@H]2CC[C@@H]1N2C. The zero-order valence-electron chi connectivity index (χ0n) is 12.8. The molecule has 2 aliphatic heterocycles. The van der Waals surface area contributed by atoms with Gasteiger partial charge in [0.15, 0.2) is 0 Å². The molecule has 2 heterocycles. The van der Waals surface area contributed by atoms with Crippen LogP contribution in [-0.2, 0) is 4.79 Å². The number of aryl methyl sites for hydroxylation is 1. The molecule has 0 aliphatic carbocycles. The predicted octanol–water partition coefficient (Wildman–Crippen LogP) is 3.54. The fraction of sp³-hybridized carbons (Fsp3) is 0.611. The van der Waals surface area contributed by atoms with Crippen molar-refractivity contribution < 1.29 is 4.79 Å². The number of hydrogen-bond donors (Lipinski definition) is 0. The number of benzene rings is 1. The highest BCUT2D eigenvalue weighted by atomic mass is 16.1. The summed E-state index contributed by atoms with van der Waals surface area (Å²) in [6, 6.07) is 9.98. The molecule has 108 valence electrons. The number of carbonyl (C=O) groups is 1. The molecule has 0 aromatic heterocycles. The fourth-order valence-electron chi connectivity index (χ4n) is 4.30. The van der Waals surface area contributed by atoms with Crippen LogP contribution in [0.3, 0.4) is 0 Å². The number of piperidine rings is 1. The summed E-state index contributed by atoms with van der Waals surface area (Å²) in [5.74, 6) is 1.08. The maximum atomic E-state index is 12.5. The van der Waals surface area contributed by atoms with Crippen LogP contribution in [0.5, 0.6) is 0 Å². The number of nitrogens with zero attached hydrogens (tertiary/aromatic N) is 1. The van der Waals surface area contributed by atoms with Crippen molar-refractivity contribution in [3.8, 4) is 0 Å². The van der Waals surface area contributed by atoms with Gasteiger partial charge < -0.3 is 0 Å². The lowest BCUT2D eigenvalue weighted by atomic mass is 9.73. The molecule has 2 bridgehead atoms. The lowest BCUT2D eigenvalue weighted by molar-refractivity contribution is -0.126. The van der Waals surface area contributed by atoms with Gasteiger partial charge in [-0.3, -0.25) is 9.69 Å². The minimum Gasteiger partial charge on any atom is -0.300 e. The van der Waals surface area contributed by atoms with Crippen LogP contribution in [-0.4, -0.2) is 29.8 Å². The fourth-order valence-corrected chi connectivity index (χ4v) is 4.30. The van der Waals surface area contributed by atoms with Crippen LogP contribution in [0.1, 0.15) is 49.7 Å². The average Bonchev–Trinajstić information content (AvgIpc) is 2.70. The van der Waals surface area contributed by atoms with Gasteiger partial charge in [0.25, 0.3) is 0 Å². The predicted molar refractivity (Wildman–Crippen MR) is 81.9 cm³/mol. The van der Waals surface area contributed by atoms with E-state index in [2.05, 4.69) is 43.1 Å². The molecular weight excluding hydrogens is 246 g/mol. The Bertz CT molecular complexity index is 493. The van der Waals surface area contributed by atoms with Crippen molar-refractivity contribution >= 4 is 5.78 Å². The second-order valence-electron chi connectivity index (χ2n) is 6.56. The van der Waals surface area contributed by atoms with Gasteiger partial charge in [-0.15, -0.1) is 0 Å². The van der Waals surface area contributed by atoms with Gasteiger partial charge in [0.05, 0.1) is 0 Å². The smallest absolute Gasteiger partial charge is 0.137 e. The zero-order valence-corrected chi connectivity index (χ0v) is 12.8. The lowest BCUT2D eigenvalue weighted by Gasteiger charge is -2.42. The Hall–Kier alpha value is -1.15. The molecule has 0 spiro atoms. The molecule has 0 saturated carbocycles. The Morgan fingerprint density at radius 2 is 1.95 bits per heavy atom. The van der Waals surface area contributed by atoms with E-state index in [0.29, 0.717) is 30.2 Å². The second kappa shape index (κ2) is 5.33. The van der Waals surface area contributed by atoms with E-state index >= 15 is 0 Å². The van der Waals surface area contributed by atoms with Gasteiger partial charge in [-0.05, 0) is 44.7 Å². The highest BCUT2D eigenvalue weighted by Crippen LogP contribution is 2.46. The van der Waals surface area contributed by atoms with Gasteiger partial charge in [0, 0.05) is 24.4 Å². The van der Waals surface area contributed by atoms with E-state index in [1.54, 1.807) is 0 Å². The highest BCUT2D eigenvalue weighted by molar-refractivity contribution is 5.82. The third-order valence-electron chi connectivity index (χ3n) is 5.49. The maximum absolute atomic E-state index is 12.5. The summed E-state index contributed by atoms with van der Waals surface area (Å²) in [5.41, 5.74) is 2.66.